The molecule has 3 aromatic carbocycles. The van der Waals surface area contributed by atoms with E-state index in [9.17, 15) is 18.0 Å². The second-order valence-corrected chi connectivity index (χ2v) is 8.57. The van der Waals surface area contributed by atoms with Crippen LogP contribution in [0.5, 0.6) is 11.5 Å². The highest BCUT2D eigenvalue weighted by Crippen LogP contribution is 2.20. The number of benzene rings is 3. The summed E-state index contributed by atoms with van der Waals surface area (Å²) in [6.07, 6.45) is 0.0255. The van der Waals surface area contributed by atoms with Gasteiger partial charge in [-0.15, -0.1) is 0 Å². The van der Waals surface area contributed by atoms with Crippen LogP contribution in [0.1, 0.15) is 15.9 Å². The van der Waals surface area contributed by atoms with Crippen molar-refractivity contribution in [1.82, 2.24) is 10.9 Å². The summed E-state index contributed by atoms with van der Waals surface area (Å²) in [5.41, 5.74) is 5.72. The Kier molecular flexibility index (Phi) is 7.52. The van der Waals surface area contributed by atoms with E-state index >= 15 is 0 Å². The minimum absolute atomic E-state index is 0.0255. The SMILES string of the molecule is COc1ccc(NS(=O)(=O)c2cccc(C(=O)NNC(=O)Cc3cccc(OC)c3)c2)cc1. The molecule has 0 radical (unpaired) electrons. The standard InChI is InChI=1S/C23H23N3O6S/c1-31-19-11-9-18(10-12-19)26-33(29,30)21-8-4-6-17(15-21)23(28)25-24-22(27)14-16-5-3-7-20(13-16)32-2/h3-13,15,26H,14H2,1-2H3,(H,24,27)(H,25,28). The van der Waals surface area contributed by atoms with E-state index in [2.05, 4.69) is 15.6 Å². The molecule has 0 aromatic heterocycles. The highest BCUT2D eigenvalue weighted by atomic mass is 32.2. The van der Waals surface area contributed by atoms with E-state index in [-0.39, 0.29) is 16.9 Å². The molecular formula is C23H23N3O6S. The second-order valence-electron chi connectivity index (χ2n) is 6.89. The van der Waals surface area contributed by atoms with Gasteiger partial charge in [-0.3, -0.25) is 25.2 Å². The van der Waals surface area contributed by atoms with Crippen molar-refractivity contribution in [2.75, 3.05) is 18.9 Å². The maximum atomic E-state index is 12.7. The van der Waals surface area contributed by atoms with Crippen molar-refractivity contribution in [3.05, 3.63) is 83.9 Å². The zero-order valence-corrected chi connectivity index (χ0v) is 18.8. The maximum Gasteiger partial charge on any atom is 0.269 e. The van der Waals surface area contributed by atoms with Crippen LogP contribution < -0.4 is 25.0 Å². The third-order valence-corrected chi connectivity index (χ3v) is 5.94. The first-order valence-electron chi connectivity index (χ1n) is 9.80. The first-order chi connectivity index (χ1) is 15.8. The highest BCUT2D eigenvalue weighted by Gasteiger charge is 2.17. The number of carbonyl (C=O) groups excluding carboxylic acids is 2. The quantitative estimate of drug-likeness (QED) is 0.436. The number of anilines is 1. The predicted molar refractivity (Wildman–Crippen MR) is 123 cm³/mol. The fourth-order valence-corrected chi connectivity index (χ4v) is 3.99. The molecule has 0 fully saturated rings. The molecule has 10 heteroatoms. The van der Waals surface area contributed by atoms with Crippen LogP contribution in [0.2, 0.25) is 0 Å². The van der Waals surface area contributed by atoms with Crippen LogP contribution in [0.25, 0.3) is 0 Å². The number of rotatable bonds is 8. The molecule has 0 bridgehead atoms. The van der Waals surface area contributed by atoms with Crippen LogP contribution in [0, 0.1) is 0 Å². The molecule has 0 aliphatic rings. The molecule has 3 N–H and O–H groups in total. The lowest BCUT2D eigenvalue weighted by Gasteiger charge is -2.11. The number of hydrazine groups is 1. The van der Waals surface area contributed by atoms with E-state index in [1.165, 1.54) is 38.5 Å². The van der Waals surface area contributed by atoms with Gasteiger partial charge in [0.25, 0.3) is 15.9 Å². The van der Waals surface area contributed by atoms with Gasteiger partial charge in [0.05, 0.1) is 25.5 Å². The first kappa shape index (κ1) is 23.6. The molecule has 33 heavy (non-hydrogen) atoms. The van der Waals surface area contributed by atoms with Crippen LogP contribution >= 0.6 is 0 Å². The number of ether oxygens (including phenoxy) is 2. The lowest BCUT2D eigenvalue weighted by atomic mass is 10.1. The fraction of sp³-hybridized carbons (Fsp3) is 0.130. The van der Waals surface area contributed by atoms with Gasteiger partial charge in [-0.1, -0.05) is 18.2 Å². The summed E-state index contributed by atoms with van der Waals surface area (Å²) in [5, 5.41) is 0. The van der Waals surface area contributed by atoms with Gasteiger partial charge >= 0.3 is 0 Å². The van der Waals surface area contributed by atoms with Gasteiger partial charge in [-0.25, -0.2) is 8.42 Å². The molecule has 0 saturated heterocycles. The van der Waals surface area contributed by atoms with Crippen molar-refractivity contribution in [1.29, 1.82) is 0 Å². The average molecular weight is 470 g/mol. The Balaban J connectivity index is 1.62. The summed E-state index contributed by atoms with van der Waals surface area (Å²) < 4.78 is 38.0. The van der Waals surface area contributed by atoms with Crippen LogP contribution in [0.4, 0.5) is 5.69 Å². The summed E-state index contributed by atoms with van der Waals surface area (Å²) in [7, 11) is -0.899. The minimum Gasteiger partial charge on any atom is -0.497 e. The number of carbonyl (C=O) groups is 2. The monoisotopic (exact) mass is 469 g/mol. The van der Waals surface area contributed by atoms with Gasteiger partial charge in [-0.05, 0) is 60.2 Å². The van der Waals surface area contributed by atoms with Crippen molar-refractivity contribution < 1.29 is 27.5 Å². The third-order valence-electron chi connectivity index (χ3n) is 4.56. The highest BCUT2D eigenvalue weighted by molar-refractivity contribution is 7.92. The molecule has 2 amide bonds. The number of amides is 2. The Morgan fingerprint density at radius 3 is 2.21 bits per heavy atom. The number of hydrogen-bond acceptors (Lipinski definition) is 6. The topological polar surface area (TPSA) is 123 Å². The molecule has 0 aliphatic carbocycles. The van der Waals surface area contributed by atoms with Crippen molar-refractivity contribution in [3.63, 3.8) is 0 Å². The minimum atomic E-state index is -3.94. The largest absolute Gasteiger partial charge is 0.497 e. The molecular weight excluding hydrogens is 446 g/mol. The Bertz CT molecular complexity index is 1240. The molecule has 172 valence electrons. The van der Waals surface area contributed by atoms with E-state index in [1.807, 2.05) is 0 Å². The Morgan fingerprint density at radius 1 is 0.818 bits per heavy atom. The Morgan fingerprint density at radius 2 is 1.52 bits per heavy atom. The first-order valence-corrected chi connectivity index (χ1v) is 11.3. The van der Waals surface area contributed by atoms with E-state index < -0.39 is 21.8 Å². The summed E-state index contributed by atoms with van der Waals surface area (Å²) in [6, 6.07) is 18.8. The zero-order valence-electron chi connectivity index (χ0n) is 18.0. The normalized spacial score (nSPS) is 10.7. The number of nitrogens with one attached hydrogen (secondary N) is 3. The molecule has 0 saturated carbocycles. The summed E-state index contributed by atoms with van der Waals surface area (Å²) in [4.78, 5) is 24.5. The van der Waals surface area contributed by atoms with Crippen molar-refractivity contribution >= 4 is 27.5 Å². The smallest absolute Gasteiger partial charge is 0.269 e. The summed E-state index contributed by atoms with van der Waals surface area (Å²) in [6.45, 7) is 0. The maximum absolute atomic E-state index is 12.7. The lowest BCUT2D eigenvalue weighted by Crippen LogP contribution is -2.42. The van der Waals surface area contributed by atoms with Gasteiger partial charge in [0.2, 0.25) is 5.91 Å². The van der Waals surface area contributed by atoms with Gasteiger partial charge in [-0.2, -0.15) is 0 Å². The van der Waals surface area contributed by atoms with Gasteiger partial charge in [0.15, 0.2) is 0 Å². The van der Waals surface area contributed by atoms with Gasteiger partial charge in [0, 0.05) is 11.3 Å². The van der Waals surface area contributed by atoms with Gasteiger partial charge in [0.1, 0.15) is 11.5 Å². The molecule has 9 nitrogen and oxygen atoms in total. The predicted octanol–water partition coefficient (Wildman–Crippen LogP) is 2.51. The summed E-state index contributed by atoms with van der Waals surface area (Å²) in [5.74, 6) is 0.104. The number of hydrogen-bond donors (Lipinski definition) is 3. The van der Waals surface area contributed by atoms with Gasteiger partial charge < -0.3 is 9.47 Å². The molecule has 0 heterocycles. The number of methoxy groups -OCH3 is 2. The van der Waals surface area contributed by atoms with Crippen molar-refractivity contribution in [2.24, 2.45) is 0 Å². The Labute approximate surface area is 191 Å². The molecule has 0 spiro atoms. The van der Waals surface area contributed by atoms with E-state index in [4.69, 9.17) is 9.47 Å². The van der Waals surface area contributed by atoms with Crippen molar-refractivity contribution in [2.45, 2.75) is 11.3 Å². The van der Waals surface area contributed by atoms with Crippen LogP contribution in [0.3, 0.4) is 0 Å². The zero-order chi connectivity index (χ0) is 23.8. The van der Waals surface area contributed by atoms with Crippen LogP contribution in [-0.2, 0) is 21.2 Å². The molecule has 0 atom stereocenters. The lowest BCUT2D eigenvalue weighted by molar-refractivity contribution is -0.121. The molecule has 0 aliphatic heterocycles. The molecule has 3 aromatic rings. The third kappa shape index (κ3) is 6.47. The van der Waals surface area contributed by atoms with Crippen LogP contribution in [-0.4, -0.2) is 34.5 Å². The van der Waals surface area contributed by atoms with E-state index in [0.29, 0.717) is 22.7 Å². The van der Waals surface area contributed by atoms with Crippen molar-refractivity contribution in [3.8, 4) is 11.5 Å². The summed E-state index contributed by atoms with van der Waals surface area (Å²) >= 11 is 0. The average Bonchev–Trinajstić information content (AvgIpc) is 2.83. The molecule has 3 rings (SSSR count). The molecule has 0 unspecified atom stereocenters. The van der Waals surface area contributed by atoms with E-state index in [0.717, 1.165) is 0 Å². The second kappa shape index (κ2) is 10.5. The Hall–Kier alpha value is -4.05. The number of sulfonamides is 1. The fourth-order valence-electron chi connectivity index (χ4n) is 2.89. The van der Waals surface area contributed by atoms with Crippen LogP contribution in [0.15, 0.2) is 77.7 Å². The van der Waals surface area contributed by atoms with E-state index in [1.54, 1.807) is 48.5 Å².